The normalized spacial score (nSPS) is 12.0. The van der Waals surface area contributed by atoms with Crippen LogP contribution in [-0.2, 0) is 4.43 Å². The van der Waals surface area contributed by atoms with Crippen molar-refractivity contribution in [2.24, 2.45) is 5.73 Å². The van der Waals surface area contributed by atoms with E-state index in [0.29, 0.717) is 0 Å². The summed E-state index contributed by atoms with van der Waals surface area (Å²) in [6.07, 6.45) is 0. The topological polar surface area (TPSA) is 47.3 Å². The van der Waals surface area contributed by atoms with Gasteiger partial charge in [-0.1, -0.05) is 0 Å². The second-order valence-corrected chi connectivity index (χ2v) is 7.79. The van der Waals surface area contributed by atoms with Crippen LogP contribution < -0.4 is 11.1 Å². The zero-order valence-corrected chi connectivity index (χ0v) is 9.52. The van der Waals surface area contributed by atoms with E-state index < -0.39 is 8.32 Å². The minimum absolute atomic E-state index is 0.719. The number of nitrogens with one attached hydrogen (secondary N) is 1. The van der Waals surface area contributed by atoms with Gasteiger partial charge in [0, 0.05) is 19.7 Å². The third-order valence-corrected chi connectivity index (χ3v) is 4.28. The molecule has 0 unspecified atom stereocenters. The third-order valence-electron chi connectivity index (χ3n) is 1.76. The minimum Gasteiger partial charge on any atom is -0.418 e. The maximum atomic E-state index is 5.68. The van der Waals surface area contributed by atoms with E-state index in [1.54, 1.807) is 0 Å². The fraction of sp³-hybridized carbons (Fsp3) is 1.00. The molecular weight excluding hydrogens is 168 g/mol. The van der Waals surface area contributed by atoms with Crippen molar-refractivity contribution in [1.82, 2.24) is 5.32 Å². The van der Waals surface area contributed by atoms with Gasteiger partial charge in [0.15, 0.2) is 8.32 Å². The summed E-state index contributed by atoms with van der Waals surface area (Å²) < 4.78 is 5.68. The average Bonchev–Trinajstić information content (AvgIpc) is 1.98. The first kappa shape index (κ1) is 12.1. The van der Waals surface area contributed by atoms with Gasteiger partial charge in [-0.25, -0.2) is 0 Å². The van der Waals surface area contributed by atoms with Gasteiger partial charge in [-0.3, -0.25) is 0 Å². The molecule has 0 atom stereocenters. The van der Waals surface area contributed by atoms with Gasteiger partial charge in [0.1, 0.15) is 0 Å². The van der Waals surface area contributed by atoms with Crippen LogP contribution in [0.3, 0.4) is 0 Å². The van der Waals surface area contributed by atoms with Crippen LogP contribution in [0.1, 0.15) is 6.92 Å². The Labute approximate surface area is 76.8 Å². The van der Waals surface area contributed by atoms with Crippen LogP contribution in [0, 0.1) is 0 Å². The van der Waals surface area contributed by atoms with Gasteiger partial charge in [0.05, 0.1) is 0 Å². The van der Waals surface area contributed by atoms with Crippen molar-refractivity contribution in [2.45, 2.75) is 26.1 Å². The van der Waals surface area contributed by atoms with Crippen LogP contribution >= 0.6 is 0 Å². The highest BCUT2D eigenvalue weighted by atomic mass is 28.4. The zero-order valence-electron chi connectivity index (χ0n) is 8.52. The molecule has 4 heteroatoms. The third kappa shape index (κ3) is 6.79. The summed E-state index contributed by atoms with van der Waals surface area (Å²) in [4.78, 5) is 0. The van der Waals surface area contributed by atoms with Crippen LogP contribution in [0.5, 0.6) is 0 Å². The molecule has 0 aliphatic heterocycles. The lowest BCUT2D eigenvalue weighted by atomic mass is 10.6. The number of nitrogens with two attached hydrogens (primary N) is 1. The molecule has 0 saturated heterocycles. The molecule has 0 aromatic heterocycles. The predicted octanol–water partition coefficient (Wildman–Crippen LogP) is 0.776. The average molecular weight is 190 g/mol. The zero-order chi connectivity index (χ0) is 9.45. The second kappa shape index (κ2) is 6.60. The molecule has 0 aromatic rings. The molecule has 0 aliphatic carbocycles. The first-order valence-electron chi connectivity index (χ1n) is 4.67. The van der Waals surface area contributed by atoms with Crippen molar-refractivity contribution < 1.29 is 4.43 Å². The van der Waals surface area contributed by atoms with E-state index in [1.165, 1.54) is 6.04 Å². The molecule has 0 fully saturated rings. The smallest absolute Gasteiger partial charge is 0.187 e. The molecule has 0 heterocycles. The molecule has 12 heavy (non-hydrogen) atoms. The van der Waals surface area contributed by atoms with Gasteiger partial charge in [0.2, 0.25) is 0 Å². The monoisotopic (exact) mass is 190 g/mol. The standard InChI is InChI=1S/C8H22N2OSi/c1-4-11-12(2,3)8-7-10-6-5-9/h10H,4-9H2,1-3H3. The molecule has 0 saturated carbocycles. The Balaban J connectivity index is 3.33. The van der Waals surface area contributed by atoms with Crippen molar-refractivity contribution >= 4 is 8.32 Å². The summed E-state index contributed by atoms with van der Waals surface area (Å²) in [6, 6.07) is 1.17. The Morgan fingerprint density at radius 3 is 2.50 bits per heavy atom. The van der Waals surface area contributed by atoms with Crippen LogP contribution in [0.2, 0.25) is 19.1 Å². The molecule has 0 aliphatic rings. The summed E-state index contributed by atoms with van der Waals surface area (Å²) in [5, 5.41) is 3.28. The lowest BCUT2D eigenvalue weighted by Crippen LogP contribution is -2.35. The van der Waals surface area contributed by atoms with Gasteiger partial charge >= 0.3 is 0 Å². The van der Waals surface area contributed by atoms with E-state index in [0.717, 1.165) is 26.2 Å². The van der Waals surface area contributed by atoms with Gasteiger partial charge < -0.3 is 15.5 Å². The van der Waals surface area contributed by atoms with E-state index in [-0.39, 0.29) is 0 Å². The number of hydrogen-bond donors (Lipinski definition) is 2. The Morgan fingerprint density at radius 1 is 1.33 bits per heavy atom. The Bertz CT molecular complexity index is 109. The Morgan fingerprint density at radius 2 is 2.00 bits per heavy atom. The summed E-state index contributed by atoms with van der Waals surface area (Å²) in [5.41, 5.74) is 5.35. The first-order chi connectivity index (χ1) is 5.62. The molecule has 0 spiro atoms. The largest absolute Gasteiger partial charge is 0.418 e. The van der Waals surface area contributed by atoms with Crippen molar-refractivity contribution in [2.75, 3.05) is 26.2 Å². The first-order valence-corrected chi connectivity index (χ1v) is 7.78. The Kier molecular flexibility index (Phi) is 6.65. The van der Waals surface area contributed by atoms with Crippen LogP contribution in [0.15, 0.2) is 0 Å². The van der Waals surface area contributed by atoms with Gasteiger partial charge in [-0.15, -0.1) is 0 Å². The maximum Gasteiger partial charge on any atom is 0.187 e. The van der Waals surface area contributed by atoms with Crippen LogP contribution in [-0.4, -0.2) is 34.6 Å². The van der Waals surface area contributed by atoms with Gasteiger partial charge in [0.25, 0.3) is 0 Å². The van der Waals surface area contributed by atoms with Crippen LogP contribution in [0.25, 0.3) is 0 Å². The fourth-order valence-corrected chi connectivity index (χ4v) is 2.78. The summed E-state index contributed by atoms with van der Waals surface area (Å²) in [6.45, 7) is 10.1. The Hall–Kier alpha value is 0.0969. The molecule has 0 radical (unpaired) electrons. The van der Waals surface area contributed by atoms with Crippen molar-refractivity contribution in [3.05, 3.63) is 0 Å². The molecule has 74 valence electrons. The number of hydrogen-bond acceptors (Lipinski definition) is 3. The summed E-state index contributed by atoms with van der Waals surface area (Å²) in [7, 11) is -1.36. The lowest BCUT2D eigenvalue weighted by Gasteiger charge is -2.21. The van der Waals surface area contributed by atoms with E-state index in [9.17, 15) is 0 Å². The quantitative estimate of drug-likeness (QED) is 0.461. The van der Waals surface area contributed by atoms with Crippen molar-refractivity contribution in [1.29, 1.82) is 0 Å². The molecule has 0 rings (SSSR count). The minimum atomic E-state index is -1.36. The highest BCUT2D eigenvalue weighted by Gasteiger charge is 2.20. The highest BCUT2D eigenvalue weighted by molar-refractivity contribution is 6.71. The van der Waals surface area contributed by atoms with Crippen molar-refractivity contribution in [3.63, 3.8) is 0 Å². The van der Waals surface area contributed by atoms with Crippen LogP contribution in [0.4, 0.5) is 0 Å². The second-order valence-electron chi connectivity index (χ2n) is 3.48. The van der Waals surface area contributed by atoms with E-state index in [1.807, 2.05) is 0 Å². The molecule has 3 N–H and O–H groups in total. The van der Waals surface area contributed by atoms with E-state index in [4.69, 9.17) is 10.2 Å². The number of rotatable bonds is 7. The van der Waals surface area contributed by atoms with Gasteiger partial charge in [-0.05, 0) is 32.6 Å². The van der Waals surface area contributed by atoms with Gasteiger partial charge in [-0.2, -0.15) is 0 Å². The van der Waals surface area contributed by atoms with E-state index >= 15 is 0 Å². The fourth-order valence-electron chi connectivity index (χ4n) is 1.08. The summed E-state index contributed by atoms with van der Waals surface area (Å²) in [5.74, 6) is 0. The predicted molar refractivity (Wildman–Crippen MR) is 55.8 cm³/mol. The van der Waals surface area contributed by atoms with Crippen molar-refractivity contribution in [3.8, 4) is 0 Å². The SMILES string of the molecule is CCO[Si](C)(C)CCNCCN. The molecule has 0 amide bonds. The lowest BCUT2D eigenvalue weighted by molar-refractivity contribution is 0.328. The molecular formula is C8H22N2OSi. The molecule has 3 nitrogen and oxygen atoms in total. The highest BCUT2D eigenvalue weighted by Crippen LogP contribution is 2.08. The molecule has 0 aromatic carbocycles. The summed E-state index contributed by atoms with van der Waals surface area (Å²) >= 11 is 0. The van der Waals surface area contributed by atoms with E-state index in [2.05, 4.69) is 25.3 Å². The maximum absolute atomic E-state index is 5.68. The molecule has 0 bridgehead atoms.